The molecule has 3 nitrogen and oxygen atoms in total. The Balaban J connectivity index is 2.71. The van der Waals surface area contributed by atoms with Crippen LogP contribution in [-0.4, -0.2) is 31.5 Å². The highest BCUT2D eigenvalue weighted by molar-refractivity contribution is 5.38. The van der Waals surface area contributed by atoms with Crippen molar-refractivity contribution in [1.29, 1.82) is 0 Å². The number of methoxy groups -OCH3 is 1. The van der Waals surface area contributed by atoms with Crippen LogP contribution in [0.2, 0.25) is 0 Å². The van der Waals surface area contributed by atoms with E-state index in [1.165, 1.54) is 0 Å². The van der Waals surface area contributed by atoms with Crippen LogP contribution in [0.5, 0.6) is 5.75 Å². The van der Waals surface area contributed by atoms with E-state index >= 15 is 0 Å². The molecule has 0 aliphatic rings. The van der Waals surface area contributed by atoms with Crippen molar-refractivity contribution >= 4 is 0 Å². The fourth-order valence-corrected chi connectivity index (χ4v) is 1.64. The summed E-state index contributed by atoms with van der Waals surface area (Å²) in [7, 11) is 1.56. The van der Waals surface area contributed by atoms with Crippen molar-refractivity contribution < 1.29 is 14.6 Å². The largest absolute Gasteiger partial charge is 0.490 e. The highest BCUT2D eigenvalue weighted by Crippen LogP contribution is 2.30. The van der Waals surface area contributed by atoms with E-state index in [1.807, 2.05) is 18.2 Å². The quantitative estimate of drug-likeness (QED) is 0.856. The van der Waals surface area contributed by atoms with Crippen molar-refractivity contribution in [2.24, 2.45) is 0 Å². The van der Waals surface area contributed by atoms with Crippen LogP contribution in [0.25, 0.3) is 0 Å². The molecule has 1 N–H and O–H groups in total. The number of rotatable bonds is 5. The zero-order valence-electron chi connectivity index (χ0n) is 11.1. The van der Waals surface area contributed by atoms with Gasteiger partial charge < -0.3 is 14.6 Å². The van der Waals surface area contributed by atoms with Gasteiger partial charge in [-0.3, -0.25) is 0 Å². The lowest BCUT2D eigenvalue weighted by Gasteiger charge is -2.23. The summed E-state index contributed by atoms with van der Waals surface area (Å²) in [5, 5.41) is 9.55. The SMILES string of the molecule is COCC(O)COc1ccccc1C(C)(C)C. The molecule has 0 radical (unpaired) electrons. The van der Waals surface area contributed by atoms with Crippen molar-refractivity contribution in [1.82, 2.24) is 0 Å². The molecule has 0 aliphatic heterocycles. The molecule has 0 saturated heterocycles. The Hall–Kier alpha value is -1.06. The lowest BCUT2D eigenvalue weighted by atomic mass is 9.86. The highest BCUT2D eigenvalue weighted by atomic mass is 16.5. The van der Waals surface area contributed by atoms with Crippen LogP contribution < -0.4 is 4.74 Å². The third-order valence-electron chi connectivity index (χ3n) is 2.49. The molecule has 0 aliphatic carbocycles. The monoisotopic (exact) mass is 238 g/mol. The minimum atomic E-state index is -0.590. The third-order valence-corrected chi connectivity index (χ3v) is 2.49. The summed E-state index contributed by atoms with van der Waals surface area (Å²) < 4.78 is 10.5. The second kappa shape index (κ2) is 6.03. The van der Waals surface area contributed by atoms with Crippen LogP contribution in [-0.2, 0) is 10.2 Å². The number of aliphatic hydroxyl groups excluding tert-OH is 1. The van der Waals surface area contributed by atoms with E-state index in [4.69, 9.17) is 9.47 Å². The number of hydrogen-bond donors (Lipinski definition) is 1. The van der Waals surface area contributed by atoms with Crippen LogP contribution in [0.3, 0.4) is 0 Å². The molecule has 0 saturated carbocycles. The van der Waals surface area contributed by atoms with Crippen molar-refractivity contribution in [2.45, 2.75) is 32.3 Å². The lowest BCUT2D eigenvalue weighted by Crippen LogP contribution is -2.24. The summed E-state index contributed by atoms with van der Waals surface area (Å²) in [5.74, 6) is 0.829. The zero-order valence-corrected chi connectivity index (χ0v) is 11.1. The molecule has 0 fully saturated rings. The Kier molecular flexibility index (Phi) is 4.97. The average Bonchev–Trinajstić information content (AvgIpc) is 2.26. The van der Waals surface area contributed by atoms with Gasteiger partial charge in [-0.05, 0) is 17.0 Å². The molecule has 1 aromatic rings. The Morgan fingerprint density at radius 1 is 1.18 bits per heavy atom. The molecule has 3 heteroatoms. The Bertz CT molecular complexity index is 342. The van der Waals surface area contributed by atoms with Gasteiger partial charge in [0.2, 0.25) is 0 Å². The molecule has 1 aromatic carbocycles. The molecule has 0 heterocycles. The molecule has 0 spiro atoms. The summed E-state index contributed by atoms with van der Waals surface area (Å²) in [6.07, 6.45) is -0.590. The van der Waals surface area contributed by atoms with E-state index in [1.54, 1.807) is 7.11 Å². The van der Waals surface area contributed by atoms with Gasteiger partial charge in [0.05, 0.1) is 6.61 Å². The predicted molar refractivity (Wildman–Crippen MR) is 68.5 cm³/mol. The molecule has 0 aromatic heterocycles. The topological polar surface area (TPSA) is 38.7 Å². The van der Waals surface area contributed by atoms with Gasteiger partial charge in [0.25, 0.3) is 0 Å². The van der Waals surface area contributed by atoms with Gasteiger partial charge in [0, 0.05) is 7.11 Å². The molecule has 1 rings (SSSR count). The fraction of sp³-hybridized carbons (Fsp3) is 0.571. The van der Waals surface area contributed by atoms with Crippen molar-refractivity contribution in [2.75, 3.05) is 20.3 Å². The average molecular weight is 238 g/mol. The minimum absolute atomic E-state index is 0.0306. The molecule has 1 unspecified atom stereocenters. The summed E-state index contributed by atoms with van der Waals surface area (Å²) in [5.41, 5.74) is 1.17. The first kappa shape index (κ1) is 14.0. The second-order valence-corrected chi connectivity index (χ2v) is 5.17. The van der Waals surface area contributed by atoms with Gasteiger partial charge in [-0.1, -0.05) is 39.0 Å². The summed E-state index contributed by atoms with van der Waals surface area (Å²) in [6, 6.07) is 7.92. The first-order valence-corrected chi connectivity index (χ1v) is 5.84. The van der Waals surface area contributed by atoms with E-state index in [0.717, 1.165) is 11.3 Å². The standard InChI is InChI=1S/C14H22O3/c1-14(2,3)12-7-5-6-8-13(12)17-10-11(15)9-16-4/h5-8,11,15H,9-10H2,1-4H3. The van der Waals surface area contributed by atoms with Crippen LogP contribution in [0.4, 0.5) is 0 Å². The fourth-order valence-electron chi connectivity index (χ4n) is 1.64. The molecular formula is C14H22O3. The number of ether oxygens (including phenoxy) is 2. The first-order valence-electron chi connectivity index (χ1n) is 5.84. The molecule has 17 heavy (non-hydrogen) atoms. The molecule has 0 amide bonds. The molecular weight excluding hydrogens is 216 g/mol. The number of hydrogen-bond acceptors (Lipinski definition) is 3. The summed E-state index contributed by atoms with van der Waals surface area (Å²) in [4.78, 5) is 0. The highest BCUT2D eigenvalue weighted by Gasteiger charge is 2.18. The Morgan fingerprint density at radius 3 is 2.41 bits per heavy atom. The third kappa shape index (κ3) is 4.36. The van der Waals surface area contributed by atoms with Gasteiger partial charge in [-0.2, -0.15) is 0 Å². The number of para-hydroxylation sites is 1. The van der Waals surface area contributed by atoms with Crippen molar-refractivity contribution in [3.05, 3.63) is 29.8 Å². The maximum atomic E-state index is 9.55. The normalized spacial score (nSPS) is 13.5. The number of aliphatic hydroxyl groups is 1. The van der Waals surface area contributed by atoms with Gasteiger partial charge in [-0.25, -0.2) is 0 Å². The van der Waals surface area contributed by atoms with Gasteiger partial charge in [0.15, 0.2) is 0 Å². The lowest BCUT2D eigenvalue weighted by molar-refractivity contribution is 0.0321. The van der Waals surface area contributed by atoms with Crippen molar-refractivity contribution in [3.8, 4) is 5.75 Å². The van der Waals surface area contributed by atoms with Crippen LogP contribution in [0.15, 0.2) is 24.3 Å². The van der Waals surface area contributed by atoms with Gasteiger partial charge in [-0.15, -0.1) is 0 Å². The summed E-state index contributed by atoms with van der Waals surface area (Å²) in [6.45, 7) is 6.96. The predicted octanol–water partition coefficient (Wildman–Crippen LogP) is 2.37. The van der Waals surface area contributed by atoms with Crippen LogP contribution in [0, 0.1) is 0 Å². The first-order chi connectivity index (χ1) is 7.95. The van der Waals surface area contributed by atoms with Gasteiger partial charge >= 0.3 is 0 Å². The Labute approximate surface area is 103 Å². The molecule has 96 valence electrons. The summed E-state index contributed by atoms with van der Waals surface area (Å²) >= 11 is 0. The maximum Gasteiger partial charge on any atom is 0.123 e. The van der Waals surface area contributed by atoms with E-state index in [9.17, 15) is 5.11 Å². The molecule has 1 atom stereocenters. The van der Waals surface area contributed by atoms with Crippen LogP contribution >= 0.6 is 0 Å². The van der Waals surface area contributed by atoms with Crippen LogP contribution in [0.1, 0.15) is 26.3 Å². The zero-order chi connectivity index (χ0) is 12.9. The maximum absolute atomic E-state index is 9.55. The molecule has 0 bridgehead atoms. The minimum Gasteiger partial charge on any atom is -0.490 e. The second-order valence-electron chi connectivity index (χ2n) is 5.17. The van der Waals surface area contributed by atoms with Crippen molar-refractivity contribution in [3.63, 3.8) is 0 Å². The Morgan fingerprint density at radius 2 is 1.82 bits per heavy atom. The van der Waals surface area contributed by atoms with E-state index in [-0.39, 0.29) is 18.6 Å². The van der Waals surface area contributed by atoms with E-state index in [2.05, 4.69) is 26.8 Å². The smallest absolute Gasteiger partial charge is 0.123 e. The van der Waals surface area contributed by atoms with E-state index < -0.39 is 6.10 Å². The van der Waals surface area contributed by atoms with E-state index in [0.29, 0.717) is 0 Å². The number of benzene rings is 1. The van der Waals surface area contributed by atoms with Gasteiger partial charge in [0.1, 0.15) is 18.5 Å².